The van der Waals surface area contributed by atoms with Crippen molar-refractivity contribution >= 4 is 0 Å². The van der Waals surface area contributed by atoms with Gasteiger partial charge in [-0.25, -0.2) is 0 Å². The topological polar surface area (TPSA) is 39.1 Å². The van der Waals surface area contributed by atoms with Crippen LogP contribution < -0.4 is 5.32 Å². The van der Waals surface area contributed by atoms with Crippen LogP contribution in [0, 0.1) is 5.92 Å². The lowest BCUT2D eigenvalue weighted by molar-refractivity contribution is 0.0961. The van der Waals surface area contributed by atoms with Gasteiger partial charge in [-0.2, -0.15) is 5.10 Å². The Morgan fingerprint density at radius 2 is 2.20 bits per heavy atom. The molecule has 2 fully saturated rings. The molecule has 3 unspecified atom stereocenters. The maximum Gasteiger partial charge on any atom is 0.0640 e. The smallest absolute Gasteiger partial charge is 0.0640 e. The first-order chi connectivity index (χ1) is 9.78. The summed E-state index contributed by atoms with van der Waals surface area (Å²) in [6.45, 7) is 3.10. The van der Waals surface area contributed by atoms with Crippen molar-refractivity contribution in [1.82, 2.24) is 15.1 Å². The third-order valence-electron chi connectivity index (χ3n) is 5.11. The number of likely N-dealkylation sites (N-methyl/N-ethyl adjacent to an activating group) is 1. The highest BCUT2D eigenvalue weighted by atomic mass is 16.5. The van der Waals surface area contributed by atoms with Crippen molar-refractivity contribution in [2.75, 3.05) is 13.7 Å². The standard InChI is InChI=1S/C16H27N3O/c1-12-15(8-10-20-12)16(17-2)11-13-7-9-19(18-13)14-5-3-4-6-14/h7,9,12,14-17H,3-6,8,10-11H2,1-2H3. The molecule has 2 heterocycles. The number of rotatable bonds is 5. The Morgan fingerprint density at radius 1 is 1.40 bits per heavy atom. The molecule has 1 aromatic rings. The summed E-state index contributed by atoms with van der Waals surface area (Å²) in [7, 11) is 2.06. The Hall–Kier alpha value is -0.870. The van der Waals surface area contributed by atoms with Gasteiger partial charge < -0.3 is 10.1 Å². The first-order valence-electron chi connectivity index (χ1n) is 8.11. The molecular formula is C16H27N3O. The van der Waals surface area contributed by atoms with Gasteiger partial charge in [-0.1, -0.05) is 12.8 Å². The highest BCUT2D eigenvalue weighted by Crippen LogP contribution is 2.29. The minimum Gasteiger partial charge on any atom is -0.378 e. The quantitative estimate of drug-likeness (QED) is 0.899. The van der Waals surface area contributed by atoms with Crippen molar-refractivity contribution in [3.63, 3.8) is 0 Å². The number of hydrogen-bond acceptors (Lipinski definition) is 3. The summed E-state index contributed by atoms with van der Waals surface area (Å²) in [5.74, 6) is 0.608. The summed E-state index contributed by atoms with van der Waals surface area (Å²) >= 11 is 0. The summed E-state index contributed by atoms with van der Waals surface area (Å²) in [5, 5.41) is 8.28. The second-order valence-electron chi connectivity index (χ2n) is 6.35. The molecule has 1 aromatic heterocycles. The van der Waals surface area contributed by atoms with Crippen LogP contribution in [0.4, 0.5) is 0 Å². The van der Waals surface area contributed by atoms with Crippen LogP contribution in [-0.4, -0.2) is 35.6 Å². The van der Waals surface area contributed by atoms with Crippen LogP contribution in [0.2, 0.25) is 0 Å². The van der Waals surface area contributed by atoms with Crippen molar-refractivity contribution in [3.05, 3.63) is 18.0 Å². The lowest BCUT2D eigenvalue weighted by Crippen LogP contribution is -2.38. The summed E-state index contributed by atoms with van der Waals surface area (Å²) < 4.78 is 7.90. The van der Waals surface area contributed by atoms with Crippen molar-refractivity contribution in [3.8, 4) is 0 Å². The fraction of sp³-hybridized carbons (Fsp3) is 0.812. The summed E-state index contributed by atoms with van der Waals surface area (Å²) in [4.78, 5) is 0. The minimum absolute atomic E-state index is 0.365. The first-order valence-corrected chi connectivity index (χ1v) is 8.11. The van der Waals surface area contributed by atoms with Gasteiger partial charge in [-0.05, 0) is 39.3 Å². The molecule has 2 aliphatic rings. The van der Waals surface area contributed by atoms with E-state index in [9.17, 15) is 0 Å². The van der Waals surface area contributed by atoms with E-state index in [2.05, 4.69) is 36.2 Å². The number of hydrogen-bond donors (Lipinski definition) is 1. The van der Waals surface area contributed by atoms with E-state index >= 15 is 0 Å². The molecule has 4 heteroatoms. The van der Waals surface area contributed by atoms with E-state index in [1.807, 2.05) is 0 Å². The zero-order valence-corrected chi connectivity index (χ0v) is 12.7. The Labute approximate surface area is 121 Å². The molecule has 1 saturated heterocycles. The predicted molar refractivity (Wildman–Crippen MR) is 79.8 cm³/mol. The van der Waals surface area contributed by atoms with Crippen LogP contribution in [0.25, 0.3) is 0 Å². The lowest BCUT2D eigenvalue weighted by atomic mass is 9.90. The van der Waals surface area contributed by atoms with Gasteiger partial charge >= 0.3 is 0 Å². The lowest BCUT2D eigenvalue weighted by Gasteiger charge is -2.24. The molecule has 1 aliphatic carbocycles. The van der Waals surface area contributed by atoms with Crippen LogP contribution in [-0.2, 0) is 11.2 Å². The van der Waals surface area contributed by atoms with E-state index in [4.69, 9.17) is 9.84 Å². The van der Waals surface area contributed by atoms with Gasteiger partial charge in [-0.15, -0.1) is 0 Å². The zero-order valence-electron chi connectivity index (χ0n) is 12.7. The van der Waals surface area contributed by atoms with E-state index in [0.29, 0.717) is 24.1 Å². The molecule has 0 radical (unpaired) electrons. The van der Waals surface area contributed by atoms with Gasteiger partial charge in [0.1, 0.15) is 0 Å². The molecule has 20 heavy (non-hydrogen) atoms. The van der Waals surface area contributed by atoms with Crippen LogP contribution in [0.5, 0.6) is 0 Å². The molecule has 0 aromatic carbocycles. The Balaban J connectivity index is 1.63. The highest BCUT2D eigenvalue weighted by molar-refractivity contribution is 5.04. The molecule has 0 bridgehead atoms. The average Bonchev–Trinajstić information content (AvgIpc) is 3.17. The van der Waals surface area contributed by atoms with E-state index in [0.717, 1.165) is 19.4 Å². The summed E-state index contributed by atoms with van der Waals surface area (Å²) in [6.07, 6.45) is 10.0. The molecule has 0 spiro atoms. The van der Waals surface area contributed by atoms with Gasteiger partial charge in [0, 0.05) is 31.2 Å². The first kappa shape index (κ1) is 14.1. The van der Waals surface area contributed by atoms with Crippen molar-refractivity contribution in [1.29, 1.82) is 0 Å². The van der Waals surface area contributed by atoms with E-state index < -0.39 is 0 Å². The second-order valence-corrected chi connectivity index (χ2v) is 6.35. The zero-order chi connectivity index (χ0) is 13.9. The normalized spacial score (nSPS) is 29.1. The Bertz CT molecular complexity index is 425. The minimum atomic E-state index is 0.365. The van der Waals surface area contributed by atoms with Crippen LogP contribution in [0.15, 0.2) is 12.3 Å². The second kappa shape index (κ2) is 6.27. The molecule has 1 saturated carbocycles. The average molecular weight is 277 g/mol. The van der Waals surface area contributed by atoms with Gasteiger partial charge in [0.05, 0.1) is 17.8 Å². The van der Waals surface area contributed by atoms with E-state index in [1.165, 1.54) is 31.4 Å². The molecule has 4 nitrogen and oxygen atoms in total. The fourth-order valence-corrected chi connectivity index (χ4v) is 3.83. The number of nitrogens with one attached hydrogen (secondary N) is 1. The van der Waals surface area contributed by atoms with Crippen molar-refractivity contribution < 1.29 is 4.74 Å². The third kappa shape index (κ3) is 2.91. The van der Waals surface area contributed by atoms with Crippen LogP contribution >= 0.6 is 0 Å². The number of aromatic nitrogens is 2. The molecular weight excluding hydrogens is 250 g/mol. The summed E-state index contributed by atoms with van der Waals surface area (Å²) in [5.41, 5.74) is 1.22. The Kier molecular flexibility index (Phi) is 4.41. The predicted octanol–water partition coefficient (Wildman–Crippen LogP) is 2.55. The van der Waals surface area contributed by atoms with Crippen molar-refractivity contribution in [2.45, 2.75) is 63.6 Å². The Morgan fingerprint density at radius 3 is 2.85 bits per heavy atom. The maximum atomic E-state index is 5.71. The molecule has 0 amide bonds. The van der Waals surface area contributed by atoms with Crippen molar-refractivity contribution in [2.24, 2.45) is 5.92 Å². The van der Waals surface area contributed by atoms with Gasteiger partial charge in [0.25, 0.3) is 0 Å². The molecule has 1 aliphatic heterocycles. The number of ether oxygens (including phenoxy) is 1. The SMILES string of the molecule is CNC(Cc1ccn(C2CCCC2)n1)C1CCOC1C. The summed E-state index contributed by atoms with van der Waals surface area (Å²) in [6, 6.07) is 3.31. The van der Waals surface area contributed by atoms with Crippen LogP contribution in [0.3, 0.4) is 0 Å². The maximum absolute atomic E-state index is 5.71. The fourth-order valence-electron chi connectivity index (χ4n) is 3.83. The van der Waals surface area contributed by atoms with E-state index in [-0.39, 0.29) is 0 Å². The highest BCUT2D eigenvalue weighted by Gasteiger charge is 2.31. The molecule has 1 N–H and O–H groups in total. The molecule has 3 rings (SSSR count). The monoisotopic (exact) mass is 277 g/mol. The number of nitrogens with zero attached hydrogens (tertiary/aromatic N) is 2. The molecule has 3 atom stereocenters. The molecule has 112 valence electrons. The van der Waals surface area contributed by atoms with Gasteiger partial charge in [0.2, 0.25) is 0 Å². The van der Waals surface area contributed by atoms with Gasteiger partial charge in [0.15, 0.2) is 0 Å². The largest absolute Gasteiger partial charge is 0.378 e. The third-order valence-corrected chi connectivity index (χ3v) is 5.11. The van der Waals surface area contributed by atoms with E-state index in [1.54, 1.807) is 0 Å². The van der Waals surface area contributed by atoms with Crippen LogP contribution in [0.1, 0.15) is 50.8 Å². The van der Waals surface area contributed by atoms with Gasteiger partial charge in [-0.3, -0.25) is 4.68 Å².